The van der Waals surface area contributed by atoms with Gasteiger partial charge in [-0.3, -0.25) is 9.59 Å². The number of rotatable bonds is 6. The molecule has 1 atom stereocenters. The molecule has 6 nitrogen and oxygen atoms in total. The van der Waals surface area contributed by atoms with Crippen LogP contribution in [-0.4, -0.2) is 17.3 Å². The lowest BCUT2D eigenvalue weighted by Crippen LogP contribution is -2.42. The van der Waals surface area contributed by atoms with Crippen molar-refractivity contribution in [1.29, 1.82) is 0 Å². The van der Waals surface area contributed by atoms with Gasteiger partial charge in [0.25, 0.3) is 0 Å². The van der Waals surface area contributed by atoms with E-state index in [4.69, 9.17) is 10.3 Å². The van der Waals surface area contributed by atoms with E-state index in [1.807, 2.05) is 84.9 Å². The zero-order valence-corrected chi connectivity index (χ0v) is 17.7. The summed E-state index contributed by atoms with van der Waals surface area (Å²) >= 11 is 0. The number of hydrogen-bond donors (Lipinski definition) is 0. The Kier molecular flexibility index (Phi) is 5.63. The summed E-state index contributed by atoms with van der Waals surface area (Å²) in [5.41, 5.74) is 8.55. The molecule has 0 fully saturated rings. The number of ether oxygens (including phenoxy) is 1. The van der Waals surface area contributed by atoms with E-state index in [0.717, 1.165) is 32.7 Å². The molecule has 0 spiro atoms. The Balaban J connectivity index is 1.94. The number of Topliss-reactive ketones (excluding diaryl/α,β-unsaturated/α-hetero) is 1. The van der Waals surface area contributed by atoms with Crippen LogP contribution in [0.5, 0.6) is 0 Å². The molecule has 0 aliphatic carbocycles. The highest BCUT2D eigenvalue weighted by Crippen LogP contribution is 2.36. The van der Waals surface area contributed by atoms with Crippen molar-refractivity contribution in [3.05, 3.63) is 106 Å². The van der Waals surface area contributed by atoms with Gasteiger partial charge in [-0.15, -0.1) is 0 Å². The Hall–Kier alpha value is -4.15. The van der Waals surface area contributed by atoms with Crippen molar-refractivity contribution in [1.82, 2.24) is 0 Å². The molecular formula is C26H21N3O3. The van der Waals surface area contributed by atoms with Gasteiger partial charge in [-0.2, -0.15) is 0 Å². The Labute approximate surface area is 185 Å². The van der Waals surface area contributed by atoms with Crippen LogP contribution in [0, 0.1) is 0 Å². The number of esters is 1. The van der Waals surface area contributed by atoms with Crippen LogP contribution in [0.15, 0.2) is 90.0 Å². The second-order valence-corrected chi connectivity index (χ2v) is 7.74. The van der Waals surface area contributed by atoms with Crippen molar-refractivity contribution in [2.75, 3.05) is 0 Å². The molecule has 0 heterocycles. The molecule has 0 bridgehead atoms. The second kappa shape index (κ2) is 8.53. The van der Waals surface area contributed by atoms with Crippen molar-refractivity contribution in [3.8, 4) is 0 Å². The third-order valence-electron chi connectivity index (χ3n) is 5.76. The average Bonchev–Trinajstić information content (AvgIpc) is 2.82. The summed E-state index contributed by atoms with van der Waals surface area (Å²) < 4.78 is 5.99. The van der Waals surface area contributed by atoms with Crippen LogP contribution in [0.1, 0.15) is 31.1 Å². The summed E-state index contributed by atoms with van der Waals surface area (Å²) in [7, 11) is 0. The van der Waals surface area contributed by atoms with Crippen molar-refractivity contribution < 1.29 is 14.3 Å². The molecule has 4 aromatic carbocycles. The van der Waals surface area contributed by atoms with Crippen LogP contribution >= 0.6 is 0 Å². The monoisotopic (exact) mass is 423 g/mol. The minimum absolute atomic E-state index is 0.588. The first-order valence-corrected chi connectivity index (χ1v) is 10.2. The molecule has 0 saturated heterocycles. The molecule has 32 heavy (non-hydrogen) atoms. The second-order valence-electron chi connectivity index (χ2n) is 7.74. The summed E-state index contributed by atoms with van der Waals surface area (Å²) in [6.45, 7) is 2.49. The van der Waals surface area contributed by atoms with Gasteiger partial charge in [0.1, 0.15) is 0 Å². The quantitative estimate of drug-likeness (QED) is 0.120. The molecule has 0 aromatic heterocycles. The molecular weight excluding hydrogens is 402 g/mol. The smallest absolute Gasteiger partial charge is 0.326 e. The average molecular weight is 423 g/mol. The van der Waals surface area contributed by atoms with E-state index in [1.165, 1.54) is 13.8 Å². The third-order valence-corrected chi connectivity index (χ3v) is 5.76. The van der Waals surface area contributed by atoms with E-state index < -0.39 is 23.4 Å². The van der Waals surface area contributed by atoms with Gasteiger partial charge in [0.15, 0.2) is 11.9 Å². The van der Waals surface area contributed by atoms with Crippen LogP contribution in [-0.2, 0) is 14.3 Å². The molecule has 0 saturated carbocycles. The normalized spacial score (nSPS) is 12.8. The van der Waals surface area contributed by atoms with Crippen LogP contribution in [0.25, 0.3) is 32.0 Å². The maximum atomic E-state index is 13.2. The SMILES string of the molecule is CC(=O)C(C)(N=[N+]=[N-])C(=O)OC(c1cccc2ccccc12)c1cccc2ccccc12. The fraction of sp³-hybridized carbons (Fsp3) is 0.154. The first kappa shape index (κ1) is 21.1. The zero-order chi connectivity index (χ0) is 22.7. The zero-order valence-electron chi connectivity index (χ0n) is 17.7. The van der Waals surface area contributed by atoms with Gasteiger partial charge < -0.3 is 4.74 Å². The minimum atomic E-state index is -1.96. The van der Waals surface area contributed by atoms with Crippen molar-refractivity contribution in [3.63, 3.8) is 0 Å². The molecule has 4 aromatic rings. The number of nitrogens with zero attached hydrogens (tertiary/aromatic N) is 3. The molecule has 0 radical (unpaired) electrons. The molecule has 0 aliphatic heterocycles. The lowest BCUT2D eigenvalue weighted by atomic mass is 9.92. The summed E-state index contributed by atoms with van der Waals surface area (Å²) in [5, 5.41) is 7.32. The molecule has 0 N–H and O–H groups in total. The van der Waals surface area contributed by atoms with Crippen LogP contribution in [0.4, 0.5) is 0 Å². The lowest BCUT2D eigenvalue weighted by molar-refractivity contribution is -0.156. The van der Waals surface area contributed by atoms with Gasteiger partial charge in [0.05, 0.1) is 0 Å². The van der Waals surface area contributed by atoms with E-state index in [1.54, 1.807) is 0 Å². The number of fused-ring (bicyclic) bond motifs is 2. The largest absolute Gasteiger partial charge is 0.452 e. The van der Waals surface area contributed by atoms with Gasteiger partial charge >= 0.3 is 5.97 Å². The highest BCUT2D eigenvalue weighted by Gasteiger charge is 2.41. The van der Waals surface area contributed by atoms with Crippen molar-refractivity contribution in [2.24, 2.45) is 5.11 Å². The summed E-state index contributed by atoms with van der Waals surface area (Å²) in [5.74, 6) is -1.48. The highest BCUT2D eigenvalue weighted by molar-refractivity contribution is 6.07. The number of azide groups is 1. The number of hydrogen-bond acceptors (Lipinski definition) is 4. The van der Waals surface area contributed by atoms with Crippen LogP contribution in [0.2, 0.25) is 0 Å². The minimum Gasteiger partial charge on any atom is -0.452 e. The van der Waals surface area contributed by atoms with Gasteiger partial charge in [-0.1, -0.05) is 90.0 Å². The molecule has 4 rings (SSSR count). The summed E-state index contributed by atoms with van der Waals surface area (Å²) in [4.78, 5) is 28.1. The molecule has 0 aliphatic rings. The third kappa shape index (κ3) is 3.68. The van der Waals surface area contributed by atoms with Gasteiger partial charge in [0, 0.05) is 16.0 Å². The topological polar surface area (TPSA) is 92.1 Å². The first-order chi connectivity index (χ1) is 15.5. The van der Waals surface area contributed by atoms with Crippen LogP contribution < -0.4 is 0 Å². The molecule has 6 heteroatoms. The van der Waals surface area contributed by atoms with Gasteiger partial charge in [-0.05, 0) is 40.9 Å². The van der Waals surface area contributed by atoms with Gasteiger partial charge in [0.2, 0.25) is 5.54 Å². The number of carbonyl (C=O) groups is 2. The standard InChI is InChI=1S/C26H21N3O3/c1-17(30)26(2,28-29-27)25(31)32-24(22-15-7-11-18-9-3-5-13-20(18)22)23-16-8-12-19-10-4-6-14-21(19)23/h3-16,24H,1-2H3. The molecule has 158 valence electrons. The van der Waals surface area contributed by atoms with Crippen molar-refractivity contribution >= 4 is 33.3 Å². The van der Waals surface area contributed by atoms with E-state index in [0.29, 0.717) is 0 Å². The number of benzene rings is 4. The van der Waals surface area contributed by atoms with E-state index in [9.17, 15) is 9.59 Å². The first-order valence-electron chi connectivity index (χ1n) is 10.2. The fourth-order valence-corrected chi connectivity index (χ4v) is 3.82. The maximum absolute atomic E-state index is 13.2. The lowest BCUT2D eigenvalue weighted by Gasteiger charge is -2.26. The molecule has 0 amide bonds. The Morgan fingerprint density at radius 3 is 1.78 bits per heavy atom. The number of carbonyl (C=O) groups excluding carboxylic acids is 2. The van der Waals surface area contributed by atoms with Crippen molar-refractivity contribution in [2.45, 2.75) is 25.5 Å². The maximum Gasteiger partial charge on any atom is 0.326 e. The highest BCUT2D eigenvalue weighted by atomic mass is 16.5. The Bertz CT molecular complexity index is 1300. The Morgan fingerprint density at radius 2 is 1.31 bits per heavy atom. The molecule has 1 unspecified atom stereocenters. The Morgan fingerprint density at radius 1 is 0.844 bits per heavy atom. The predicted octanol–water partition coefficient (Wildman–Crippen LogP) is 6.28. The summed E-state index contributed by atoms with van der Waals surface area (Å²) in [6.07, 6.45) is -0.813. The summed E-state index contributed by atoms with van der Waals surface area (Å²) in [6, 6.07) is 27.2. The van der Waals surface area contributed by atoms with E-state index >= 15 is 0 Å². The van der Waals surface area contributed by atoms with E-state index in [-0.39, 0.29) is 0 Å². The predicted molar refractivity (Wildman–Crippen MR) is 124 cm³/mol. The van der Waals surface area contributed by atoms with Gasteiger partial charge in [-0.25, -0.2) is 0 Å². The fourth-order valence-electron chi connectivity index (χ4n) is 3.82. The van der Waals surface area contributed by atoms with Crippen LogP contribution in [0.3, 0.4) is 0 Å². The number of ketones is 1. The van der Waals surface area contributed by atoms with E-state index in [2.05, 4.69) is 10.0 Å².